The minimum Gasteiger partial charge on any atom is -0.340 e. The first kappa shape index (κ1) is 13.3. The molecule has 1 aromatic heterocycles. The highest BCUT2D eigenvalue weighted by Gasteiger charge is 2.22. The van der Waals surface area contributed by atoms with Crippen molar-refractivity contribution in [3.05, 3.63) is 24.3 Å². The van der Waals surface area contributed by atoms with E-state index >= 15 is 0 Å². The number of thiazole rings is 1. The second kappa shape index (κ2) is 4.49. The Morgan fingerprint density at radius 3 is 2.56 bits per heavy atom. The summed E-state index contributed by atoms with van der Waals surface area (Å²) >= 11 is 1.20. The van der Waals surface area contributed by atoms with Gasteiger partial charge in [-0.1, -0.05) is 23.5 Å². The van der Waals surface area contributed by atoms with E-state index in [9.17, 15) is 8.42 Å². The number of nitrogens with zero attached hydrogens (tertiary/aromatic N) is 1. The largest absolute Gasteiger partial charge is 0.385 e. The van der Waals surface area contributed by atoms with Gasteiger partial charge < -0.3 is 4.18 Å². The first-order valence-corrected chi connectivity index (χ1v) is 7.57. The average molecular weight is 286 g/mol. The molecule has 0 saturated carbocycles. The number of rotatable bonds is 3. The minimum absolute atomic E-state index is 0.118. The van der Waals surface area contributed by atoms with Crippen LogP contribution in [-0.4, -0.2) is 18.9 Å². The summed E-state index contributed by atoms with van der Waals surface area (Å²) in [6, 6.07) is 7.38. The van der Waals surface area contributed by atoms with Gasteiger partial charge in [0.1, 0.15) is 0 Å². The summed E-state index contributed by atoms with van der Waals surface area (Å²) in [6.45, 7) is 5.23. The first-order valence-electron chi connectivity index (χ1n) is 5.34. The van der Waals surface area contributed by atoms with Crippen LogP contribution in [0.15, 0.2) is 24.3 Å². The van der Waals surface area contributed by atoms with Gasteiger partial charge in [0, 0.05) is 5.54 Å². The summed E-state index contributed by atoms with van der Waals surface area (Å²) in [6.07, 6.45) is 0. The highest BCUT2D eigenvalue weighted by atomic mass is 32.2. The number of aromatic nitrogens is 1. The second-order valence-corrected chi connectivity index (χ2v) is 7.11. The van der Waals surface area contributed by atoms with Crippen LogP contribution in [0.4, 0.5) is 0 Å². The Kier molecular flexibility index (Phi) is 3.31. The molecule has 0 spiro atoms. The van der Waals surface area contributed by atoms with Crippen molar-refractivity contribution >= 4 is 31.9 Å². The molecule has 0 aliphatic heterocycles. The Bertz CT molecular complexity index is 623. The van der Waals surface area contributed by atoms with Crippen LogP contribution in [0.5, 0.6) is 5.19 Å². The normalized spacial score (nSPS) is 12.8. The van der Waals surface area contributed by atoms with Gasteiger partial charge in [-0.2, -0.15) is 13.1 Å². The molecule has 0 aliphatic carbocycles. The zero-order valence-corrected chi connectivity index (χ0v) is 11.9. The van der Waals surface area contributed by atoms with Crippen molar-refractivity contribution in [2.75, 3.05) is 0 Å². The molecular weight excluding hydrogens is 272 g/mol. The molecule has 5 nitrogen and oxygen atoms in total. The molecule has 7 heteroatoms. The Hall–Kier alpha value is -1.18. The maximum absolute atomic E-state index is 11.7. The molecule has 98 valence electrons. The van der Waals surface area contributed by atoms with E-state index in [4.69, 9.17) is 4.18 Å². The van der Waals surface area contributed by atoms with Crippen molar-refractivity contribution in [3.63, 3.8) is 0 Å². The van der Waals surface area contributed by atoms with Crippen LogP contribution in [-0.2, 0) is 10.3 Å². The van der Waals surface area contributed by atoms with Crippen molar-refractivity contribution in [3.8, 4) is 5.19 Å². The molecular formula is C11H14N2O3S2. The molecule has 0 radical (unpaired) electrons. The fraction of sp³-hybridized carbons (Fsp3) is 0.364. The predicted molar refractivity (Wildman–Crippen MR) is 72.1 cm³/mol. The van der Waals surface area contributed by atoms with E-state index in [2.05, 4.69) is 9.71 Å². The molecule has 0 amide bonds. The molecule has 1 heterocycles. The molecule has 2 rings (SSSR count). The van der Waals surface area contributed by atoms with Crippen LogP contribution >= 0.6 is 11.3 Å². The lowest BCUT2D eigenvalue weighted by Crippen LogP contribution is -2.42. The summed E-state index contributed by atoms with van der Waals surface area (Å²) in [5.74, 6) is 0. The summed E-state index contributed by atoms with van der Waals surface area (Å²) in [4.78, 5) is 4.11. The topological polar surface area (TPSA) is 68.3 Å². The SMILES string of the molecule is CC(C)(C)NS(=O)(=O)Oc1nc2ccccc2s1. The van der Waals surface area contributed by atoms with Gasteiger partial charge in [-0.15, -0.1) is 0 Å². The minimum atomic E-state index is -3.84. The second-order valence-electron chi connectivity index (χ2n) is 4.84. The Morgan fingerprint density at radius 1 is 1.28 bits per heavy atom. The maximum Gasteiger partial charge on any atom is 0.385 e. The Morgan fingerprint density at radius 2 is 1.94 bits per heavy atom. The summed E-state index contributed by atoms with van der Waals surface area (Å²) in [5.41, 5.74) is 0.138. The van der Waals surface area contributed by atoms with Gasteiger partial charge in [0.25, 0.3) is 5.19 Å². The fourth-order valence-electron chi connectivity index (χ4n) is 1.38. The summed E-state index contributed by atoms with van der Waals surface area (Å²) in [5, 5.41) is 0.118. The number of fused-ring (bicyclic) bond motifs is 1. The molecule has 1 N–H and O–H groups in total. The van der Waals surface area contributed by atoms with Gasteiger partial charge in [0.05, 0.1) is 10.2 Å². The number of hydrogen-bond acceptors (Lipinski definition) is 5. The van der Waals surface area contributed by atoms with Crippen LogP contribution in [0, 0.1) is 0 Å². The number of hydrogen-bond donors (Lipinski definition) is 1. The van der Waals surface area contributed by atoms with Gasteiger partial charge >= 0.3 is 10.3 Å². The van der Waals surface area contributed by atoms with E-state index in [1.165, 1.54) is 11.3 Å². The van der Waals surface area contributed by atoms with Gasteiger partial charge in [-0.05, 0) is 32.9 Å². The van der Waals surface area contributed by atoms with E-state index in [-0.39, 0.29) is 5.19 Å². The molecule has 0 atom stereocenters. The van der Waals surface area contributed by atoms with E-state index in [1.54, 1.807) is 20.8 Å². The highest BCUT2D eigenvalue weighted by molar-refractivity contribution is 7.85. The summed E-state index contributed by atoms with van der Waals surface area (Å²) in [7, 11) is -3.84. The third kappa shape index (κ3) is 3.41. The van der Waals surface area contributed by atoms with Crippen molar-refractivity contribution in [1.82, 2.24) is 9.71 Å². The van der Waals surface area contributed by atoms with Gasteiger partial charge in [0.15, 0.2) is 0 Å². The van der Waals surface area contributed by atoms with Crippen molar-refractivity contribution in [2.24, 2.45) is 0 Å². The molecule has 2 aromatic rings. The Labute approximate surface area is 110 Å². The molecule has 0 unspecified atom stereocenters. The third-order valence-corrected chi connectivity index (χ3v) is 4.15. The van der Waals surface area contributed by atoms with Crippen LogP contribution in [0.1, 0.15) is 20.8 Å². The fourth-order valence-corrected chi connectivity index (χ4v) is 3.49. The first-order chi connectivity index (χ1) is 8.25. The average Bonchev–Trinajstić information content (AvgIpc) is 2.53. The number of nitrogens with one attached hydrogen (secondary N) is 1. The lowest BCUT2D eigenvalue weighted by atomic mass is 10.1. The zero-order chi connectivity index (χ0) is 13.4. The van der Waals surface area contributed by atoms with E-state index in [0.29, 0.717) is 0 Å². The maximum atomic E-state index is 11.7. The lowest BCUT2D eigenvalue weighted by molar-refractivity contribution is 0.427. The van der Waals surface area contributed by atoms with Crippen LogP contribution < -0.4 is 8.91 Å². The van der Waals surface area contributed by atoms with Crippen LogP contribution in [0.3, 0.4) is 0 Å². The molecule has 0 aliphatic rings. The molecule has 0 saturated heterocycles. The van der Waals surface area contributed by atoms with Gasteiger partial charge in [-0.3, -0.25) is 0 Å². The van der Waals surface area contributed by atoms with E-state index in [1.807, 2.05) is 24.3 Å². The van der Waals surface area contributed by atoms with E-state index < -0.39 is 15.8 Å². The summed E-state index contributed by atoms with van der Waals surface area (Å²) < 4.78 is 31.7. The molecule has 0 bridgehead atoms. The monoisotopic (exact) mass is 286 g/mol. The third-order valence-electron chi connectivity index (χ3n) is 1.89. The number of benzene rings is 1. The number of para-hydroxylation sites is 1. The molecule has 0 fully saturated rings. The van der Waals surface area contributed by atoms with Crippen LogP contribution in [0.25, 0.3) is 10.2 Å². The quantitative estimate of drug-likeness (QED) is 0.940. The highest BCUT2D eigenvalue weighted by Crippen LogP contribution is 2.28. The van der Waals surface area contributed by atoms with E-state index in [0.717, 1.165) is 10.2 Å². The van der Waals surface area contributed by atoms with Crippen molar-refractivity contribution in [1.29, 1.82) is 0 Å². The smallest absolute Gasteiger partial charge is 0.340 e. The zero-order valence-electron chi connectivity index (χ0n) is 10.3. The van der Waals surface area contributed by atoms with Crippen LogP contribution in [0.2, 0.25) is 0 Å². The molecule has 18 heavy (non-hydrogen) atoms. The van der Waals surface area contributed by atoms with Crippen molar-refractivity contribution < 1.29 is 12.6 Å². The van der Waals surface area contributed by atoms with Gasteiger partial charge in [-0.25, -0.2) is 4.98 Å². The van der Waals surface area contributed by atoms with Crippen molar-refractivity contribution in [2.45, 2.75) is 26.3 Å². The lowest BCUT2D eigenvalue weighted by Gasteiger charge is -2.18. The van der Waals surface area contributed by atoms with Gasteiger partial charge in [0.2, 0.25) is 0 Å². The molecule has 1 aromatic carbocycles. The Balaban J connectivity index is 2.23. The predicted octanol–water partition coefficient (Wildman–Crippen LogP) is 2.31. The standard InChI is InChI=1S/C11H14N2O3S2/c1-11(2,3)13-18(14,15)16-10-12-8-6-4-5-7-9(8)17-10/h4-7,13H,1-3H3.